The van der Waals surface area contributed by atoms with Crippen LogP contribution in [-0.2, 0) is 0 Å². The van der Waals surface area contributed by atoms with Gasteiger partial charge in [0.1, 0.15) is 5.02 Å². The van der Waals surface area contributed by atoms with Crippen molar-refractivity contribution in [3.8, 4) is 0 Å². The minimum atomic E-state index is -1.37. The predicted octanol–water partition coefficient (Wildman–Crippen LogP) is 2.19. The number of aromatic carboxylic acids is 1. The molecule has 0 aliphatic rings. The molecule has 2 rings (SSSR count). The van der Waals surface area contributed by atoms with Crippen molar-refractivity contribution in [2.45, 2.75) is 0 Å². The summed E-state index contributed by atoms with van der Waals surface area (Å²) in [6.45, 7) is 0. The number of carboxylic acids is 1. The van der Waals surface area contributed by atoms with Crippen LogP contribution in [0.5, 0.6) is 0 Å². The maximum Gasteiger partial charge on any atom is 0.374 e. The molecule has 0 saturated carbocycles. The second kappa shape index (κ2) is 5.59. The number of amides is 1. The number of hydrogen-bond acceptors (Lipinski definition) is 6. The topological polar surface area (TPSA) is 136 Å². The van der Waals surface area contributed by atoms with Crippen LogP contribution in [0.2, 0.25) is 5.02 Å². The number of nitro groups is 1. The number of carboxylic acid groups (broad SMARTS) is 1. The molecule has 0 unspecified atom stereocenters. The zero-order valence-electron chi connectivity index (χ0n) is 10.1. The minimum absolute atomic E-state index is 0.0763. The van der Waals surface area contributed by atoms with E-state index in [0.29, 0.717) is 0 Å². The van der Waals surface area contributed by atoms with E-state index in [0.717, 1.165) is 12.1 Å². The van der Waals surface area contributed by atoms with Gasteiger partial charge in [-0.3, -0.25) is 14.9 Å². The van der Waals surface area contributed by atoms with E-state index < -0.39 is 22.6 Å². The minimum Gasteiger partial charge on any atom is -0.475 e. The van der Waals surface area contributed by atoms with Gasteiger partial charge in [0.2, 0.25) is 5.76 Å². The fourth-order valence-corrected chi connectivity index (χ4v) is 1.60. The third-order valence-electron chi connectivity index (χ3n) is 2.35. The van der Waals surface area contributed by atoms with Crippen LogP contribution >= 0.6 is 11.6 Å². The number of nitrogens with zero attached hydrogens (tertiary/aromatic N) is 2. The van der Waals surface area contributed by atoms with Crippen molar-refractivity contribution >= 4 is 34.9 Å². The molecule has 0 radical (unpaired) electrons. The van der Waals surface area contributed by atoms with Crippen LogP contribution in [-0.4, -0.2) is 27.1 Å². The molecule has 10 heteroatoms. The quantitative estimate of drug-likeness (QED) is 0.652. The molecule has 1 aromatic heterocycles. The fourth-order valence-electron chi connectivity index (χ4n) is 1.41. The summed E-state index contributed by atoms with van der Waals surface area (Å²) < 4.78 is 4.43. The molecule has 108 valence electrons. The van der Waals surface area contributed by atoms with E-state index in [-0.39, 0.29) is 22.1 Å². The largest absolute Gasteiger partial charge is 0.475 e. The Morgan fingerprint density at radius 3 is 2.67 bits per heavy atom. The number of rotatable bonds is 4. The summed E-state index contributed by atoms with van der Waals surface area (Å²) in [4.78, 5) is 32.4. The molecule has 1 aromatic carbocycles. The van der Waals surface area contributed by atoms with Gasteiger partial charge >= 0.3 is 5.97 Å². The zero-order valence-corrected chi connectivity index (χ0v) is 10.8. The normalized spacial score (nSPS) is 10.1. The van der Waals surface area contributed by atoms with E-state index in [1.807, 2.05) is 0 Å². The van der Waals surface area contributed by atoms with Crippen molar-refractivity contribution in [1.82, 2.24) is 5.16 Å². The summed E-state index contributed by atoms with van der Waals surface area (Å²) >= 11 is 5.64. The number of benzene rings is 1. The Morgan fingerprint density at radius 1 is 1.38 bits per heavy atom. The van der Waals surface area contributed by atoms with E-state index in [1.165, 1.54) is 12.1 Å². The van der Waals surface area contributed by atoms with Crippen molar-refractivity contribution in [2.24, 2.45) is 0 Å². The average Bonchev–Trinajstić information content (AvgIpc) is 2.90. The zero-order chi connectivity index (χ0) is 15.6. The lowest BCUT2D eigenvalue weighted by atomic mass is 10.2. The molecule has 0 aliphatic carbocycles. The smallest absolute Gasteiger partial charge is 0.374 e. The Labute approximate surface area is 121 Å². The Balaban J connectivity index is 2.21. The molecule has 0 spiro atoms. The Kier molecular flexibility index (Phi) is 3.85. The van der Waals surface area contributed by atoms with Gasteiger partial charge in [-0.1, -0.05) is 16.8 Å². The maximum absolute atomic E-state index is 11.8. The number of carbonyl (C=O) groups excluding carboxylic acids is 1. The lowest BCUT2D eigenvalue weighted by Gasteiger charge is -2.03. The van der Waals surface area contributed by atoms with Gasteiger partial charge in [-0.15, -0.1) is 0 Å². The first-order valence-corrected chi connectivity index (χ1v) is 5.71. The summed E-state index contributed by atoms with van der Waals surface area (Å²) in [5, 5.41) is 24.9. The number of nitrogens with one attached hydrogen (secondary N) is 1. The number of halogens is 1. The molecule has 0 bridgehead atoms. The van der Waals surface area contributed by atoms with E-state index in [1.54, 1.807) is 0 Å². The van der Waals surface area contributed by atoms with E-state index in [4.69, 9.17) is 16.7 Å². The molecule has 1 amide bonds. The van der Waals surface area contributed by atoms with Crippen molar-refractivity contribution in [3.05, 3.63) is 50.9 Å². The molecule has 0 saturated heterocycles. The maximum atomic E-state index is 11.8. The highest BCUT2D eigenvalue weighted by Gasteiger charge is 2.18. The van der Waals surface area contributed by atoms with Crippen LogP contribution in [0.3, 0.4) is 0 Å². The van der Waals surface area contributed by atoms with Crippen molar-refractivity contribution in [3.63, 3.8) is 0 Å². The number of nitro benzene ring substituents is 1. The lowest BCUT2D eigenvalue weighted by Crippen LogP contribution is -2.12. The van der Waals surface area contributed by atoms with Crippen LogP contribution in [0.25, 0.3) is 0 Å². The summed E-state index contributed by atoms with van der Waals surface area (Å²) in [6, 6.07) is 4.60. The molecule has 21 heavy (non-hydrogen) atoms. The van der Waals surface area contributed by atoms with Crippen LogP contribution in [0.4, 0.5) is 11.4 Å². The third-order valence-corrected chi connectivity index (χ3v) is 2.67. The number of carbonyl (C=O) groups is 2. The number of anilines is 1. The fraction of sp³-hybridized carbons (Fsp3) is 0. The van der Waals surface area contributed by atoms with E-state index in [2.05, 4.69) is 15.0 Å². The number of aromatic nitrogens is 1. The van der Waals surface area contributed by atoms with Crippen molar-refractivity contribution < 1.29 is 24.1 Å². The predicted molar refractivity (Wildman–Crippen MR) is 69.5 cm³/mol. The van der Waals surface area contributed by atoms with E-state index >= 15 is 0 Å². The molecule has 2 N–H and O–H groups in total. The Hall–Kier alpha value is -2.94. The Bertz CT molecular complexity index is 741. The summed E-state index contributed by atoms with van der Waals surface area (Å²) in [5.74, 6) is -2.64. The van der Waals surface area contributed by atoms with Gasteiger partial charge < -0.3 is 14.9 Å². The standard InChI is InChI=1S/C11H6ClN3O6/c12-6-2-1-5(3-8(6)15(19)20)13-10(16)7-4-9(11(17)18)21-14-7/h1-4H,(H,13,16)(H,17,18). The molecular formula is C11H6ClN3O6. The van der Waals surface area contributed by atoms with Gasteiger partial charge in [0.05, 0.1) is 4.92 Å². The molecule has 9 nitrogen and oxygen atoms in total. The van der Waals surface area contributed by atoms with Gasteiger partial charge in [-0.05, 0) is 12.1 Å². The lowest BCUT2D eigenvalue weighted by molar-refractivity contribution is -0.384. The van der Waals surface area contributed by atoms with Crippen molar-refractivity contribution in [2.75, 3.05) is 5.32 Å². The monoisotopic (exact) mass is 311 g/mol. The van der Waals surface area contributed by atoms with Gasteiger partial charge in [0.25, 0.3) is 11.6 Å². The summed E-state index contributed by atoms with van der Waals surface area (Å²) in [5.41, 5.74) is -0.540. The number of hydrogen-bond donors (Lipinski definition) is 2. The van der Waals surface area contributed by atoms with Crippen molar-refractivity contribution in [1.29, 1.82) is 0 Å². The van der Waals surface area contributed by atoms with E-state index in [9.17, 15) is 19.7 Å². The molecular weight excluding hydrogens is 306 g/mol. The average molecular weight is 312 g/mol. The summed E-state index contributed by atoms with van der Waals surface area (Å²) in [6.07, 6.45) is 0. The molecule has 0 aliphatic heterocycles. The van der Waals surface area contributed by atoms with Gasteiger partial charge in [-0.25, -0.2) is 4.79 Å². The highest BCUT2D eigenvalue weighted by molar-refractivity contribution is 6.32. The van der Waals surface area contributed by atoms with Gasteiger partial charge in [0.15, 0.2) is 5.69 Å². The first-order valence-electron chi connectivity index (χ1n) is 5.34. The molecule has 0 fully saturated rings. The van der Waals surface area contributed by atoms with Gasteiger partial charge in [-0.2, -0.15) is 0 Å². The second-order valence-corrected chi connectivity index (χ2v) is 4.17. The summed E-state index contributed by atoms with van der Waals surface area (Å²) in [7, 11) is 0. The highest BCUT2D eigenvalue weighted by Crippen LogP contribution is 2.27. The van der Waals surface area contributed by atoms with Crippen LogP contribution in [0, 0.1) is 10.1 Å². The highest BCUT2D eigenvalue weighted by atomic mass is 35.5. The SMILES string of the molecule is O=C(Nc1ccc(Cl)c([N+](=O)[O-])c1)c1cc(C(=O)O)on1. The molecule has 1 heterocycles. The molecule has 0 atom stereocenters. The Morgan fingerprint density at radius 2 is 2.10 bits per heavy atom. The van der Waals surface area contributed by atoms with Crippen LogP contribution in [0.1, 0.15) is 21.0 Å². The first-order chi connectivity index (χ1) is 9.88. The molecule has 2 aromatic rings. The second-order valence-electron chi connectivity index (χ2n) is 3.76. The van der Waals surface area contributed by atoms with Gasteiger partial charge in [0, 0.05) is 17.8 Å². The first kappa shape index (κ1) is 14.5. The third kappa shape index (κ3) is 3.15. The van der Waals surface area contributed by atoms with Crippen LogP contribution in [0.15, 0.2) is 28.8 Å². The van der Waals surface area contributed by atoms with Crippen LogP contribution < -0.4 is 5.32 Å².